The first kappa shape index (κ1) is 31.7. The predicted octanol–water partition coefficient (Wildman–Crippen LogP) is -0.953. The van der Waals surface area contributed by atoms with Crippen LogP contribution < -0.4 is 22.5 Å². The number of rotatable bonds is 10. The maximum Gasteiger partial charge on any atom is 0.350 e. The Morgan fingerprint density at radius 2 is 2.00 bits per heavy atom. The molecule has 246 valence electrons. The molecule has 46 heavy (non-hydrogen) atoms. The number of nitrogens with two attached hydrogens (primary N) is 3. The van der Waals surface area contributed by atoms with Gasteiger partial charge in [0.2, 0.25) is 11.4 Å². The Hall–Kier alpha value is -4.30. The number of carboxylic acids is 1. The molecule has 0 radical (unpaired) electrons. The number of aliphatic imine (C=N–C) groups is 1. The van der Waals surface area contributed by atoms with E-state index in [4.69, 9.17) is 22.0 Å². The molecule has 2 aromatic rings. The van der Waals surface area contributed by atoms with Gasteiger partial charge in [-0.15, -0.1) is 33.3 Å². The number of anilines is 1. The number of aromatic amines is 1. The summed E-state index contributed by atoms with van der Waals surface area (Å²) in [5.74, 6) is -1.41. The first-order valence-corrected chi connectivity index (χ1v) is 16.6. The van der Waals surface area contributed by atoms with E-state index in [0.29, 0.717) is 35.9 Å². The van der Waals surface area contributed by atoms with Gasteiger partial charge in [-0.1, -0.05) is 5.16 Å². The number of carbonyl (C=O) groups excluding carboxylic acids is 2. The monoisotopic (exact) mass is 674 g/mol. The molecule has 2 bridgehead atoms. The van der Waals surface area contributed by atoms with E-state index in [1.54, 1.807) is 4.90 Å². The second-order valence-corrected chi connectivity index (χ2v) is 14.5. The highest BCUT2D eigenvalue weighted by molar-refractivity contribution is 8.00. The quantitative estimate of drug-likeness (QED) is 0.0584. The van der Waals surface area contributed by atoms with Gasteiger partial charge in [-0.2, -0.15) is 5.21 Å². The number of likely N-dealkylation sites (N-methyl/N-ethyl adjacent to an activating group) is 1. The number of nitrogens with zero attached hydrogens (tertiary/aromatic N) is 8. The summed E-state index contributed by atoms with van der Waals surface area (Å²) in [7, 11) is 2.26. The number of thiazole rings is 1. The number of piperidine rings is 1. The molecule has 6 atom stereocenters. The number of carboxylic acid groups (broad SMARTS) is 1. The lowest BCUT2D eigenvalue weighted by Crippen LogP contribution is -2.70. The van der Waals surface area contributed by atoms with Crippen molar-refractivity contribution in [3.63, 3.8) is 0 Å². The number of amides is 2. The van der Waals surface area contributed by atoms with Crippen LogP contribution >= 0.6 is 23.1 Å². The van der Waals surface area contributed by atoms with Crippen molar-refractivity contribution in [2.75, 3.05) is 25.1 Å². The lowest BCUT2D eigenvalue weighted by molar-refractivity contribution is -0.944. The number of nitrogens with one attached hydrogen (secondary N) is 2. The summed E-state index contributed by atoms with van der Waals surface area (Å²) in [6.07, 6.45) is 3.89. The molecule has 2 aromatic heterocycles. The number of H-pyrrole nitrogens is 1. The Kier molecular flexibility index (Phi) is 8.13. The molecule has 6 rings (SSSR count). The third-order valence-electron chi connectivity index (χ3n) is 9.20. The fourth-order valence-electron chi connectivity index (χ4n) is 6.79. The normalized spacial score (nSPS) is 29.2. The molecule has 6 heterocycles. The van der Waals surface area contributed by atoms with E-state index in [9.17, 15) is 19.5 Å². The first-order chi connectivity index (χ1) is 21.8. The minimum Gasteiger partial charge on any atom is -0.478 e. The van der Waals surface area contributed by atoms with Gasteiger partial charge in [0.15, 0.2) is 16.8 Å². The number of hydrogen-bond donors (Lipinski definition) is 6. The number of carbonyl (C=O) groups is 3. The average molecular weight is 675 g/mol. The molecule has 3 saturated heterocycles. The number of quaternary nitrogens is 1. The van der Waals surface area contributed by atoms with Gasteiger partial charge in [0.25, 0.3) is 11.8 Å². The Balaban J connectivity index is 1.24. The summed E-state index contributed by atoms with van der Waals surface area (Å²) in [6.45, 7) is 3.27. The minimum atomic E-state index is -1.73. The summed E-state index contributed by atoms with van der Waals surface area (Å²) in [4.78, 5) is 54.2. The molecule has 4 aliphatic rings. The number of thioether (sulfide) groups is 1. The summed E-state index contributed by atoms with van der Waals surface area (Å²) in [5, 5.41) is 31.9. The number of fused-ring (bicyclic) bond motifs is 3. The number of β-lactam (4-membered cyclic amide) rings is 1. The van der Waals surface area contributed by atoms with Gasteiger partial charge in [0.1, 0.15) is 23.7 Å². The van der Waals surface area contributed by atoms with Crippen LogP contribution in [-0.4, -0.2) is 124 Å². The van der Waals surface area contributed by atoms with Crippen LogP contribution in [0.1, 0.15) is 51.0 Å². The van der Waals surface area contributed by atoms with Crippen LogP contribution in [0.2, 0.25) is 0 Å². The summed E-state index contributed by atoms with van der Waals surface area (Å²) < 4.78 is 0.809. The van der Waals surface area contributed by atoms with Crippen molar-refractivity contribution in [1.82, 2.24) is 35.8 Å². The summed E-state index contributed by atoms with van der Waals surface area (Å²) in [5.41, 5.74) is 16.8. The first-order valence-electron chi connectivity index (χ1n) is 14.6. The summed E-state index contributed by atoms with van der Waals surface area (Å²) in [6, 6.07) is -0.0940. The molecule has 0 aromatic carbocycles. The third kappa shape index (κ3) is 5.64. The topological polar surface area (TPSA) is 266 Å². The SMILES string of the molecule is CC(C)(O/N=C(\C(=O)N[C@@H]1C(=O)N2C(c3nn[nH]n3)=C(C[N+]3(C)[C@@H]4CC[C@H]3CC(N=C(N)N)C4)CS[C@H]12)c1csc(N)n1)C(=O)O. The second kappa shape index (κ2) is 11.8. The van der Waals surface area contributed by atoms with Crippen LogP contribution in [0.15, 0.2) is 21.1 Å². The van der Waals surface area contributed by atoms with Crippen molar-refractivity contribution in [3.8, 4) is 0 Å². The van der Waals surface area contributed by atoms with Gasteiger partial charge >= 0.3 is 5.97 Å². The van der Waals surface area contributed by atoms with Gasteiger partial charge in [-0.25, -0.2) is 14.8 Å². The number of nitrogen functional groups attached to an aromatic ring is 1. The van der Waals surface area contributed by atoms with E-state index < -0.39 is 28.9 Å². The van der Waals surface area contributed by atoms with E-state index in [1.165, 1.54) is 31.0 Å². The highest BCUT2D eigenvalue weighted by Crippen LogP contribution is 2.47. The highest BCUT2D eigenvalue weighted by atomic mass is 32.2. The van der Waals surface area contributed by atoms with E-state index in [2.05, 4.69) is 48.1 Å². The average Bonchev–Trinajstić information content (AvgIpc) is 3.70. The molecular formula is C26H36N13O5S2+. The number of tetrazole rings is 1. The fourth-order valence-corrected chi connectivity index (χ4v) is 8.67. The maximum absolute atomic E-state index is 13.8. The molecule has 2 unspecified atom stereocenters. The van der Waals surface area contributed by atoms with Gasteiger partial charge < -0.3 is 36.9 Å². The summed E-state index contributed by atoms with van der Waals surface area (Å²) >= 11 is 2.60. The number of guanidine groups is 1. The molecule has 3 fully saturated rings. The lowest BCUT2D eigenvalue weighted by atomic mass is 9.93. The number of oxime groups is 1. The van der Waals surface area contributed by atoms with Gasteiger partial charge in [0, 0.05) is 42.4 Å². The molecular weight excluding hydrogens is 639 g/mol. The molecule has 0 spiro atoms. The van der Waals surface area contributed by atoms with Crippen LogP contribution in [0.25, 0.3) is 5.70 Å². The zero-order valence-corrected chi connectivity index (χ0v) is 27.0. The van der Waals surface area contributed by atoms with Crippen molar-refractivity contribution in [2.45, 2.75) is 74.7 Å². The Bertz CT molecular complexity index is 1620. The van der Waals surface area contributed by atoms with E-state index >= 15 is 0 Å². The number of aromatic nitrogens is 5. The second-order valence-electron chi connectivity index (χ2n) is 12.5. The van der Waals surface area contributed by atoms with Crippen molar-refractivity contribution >= 4 is 63.4 Å². The standard InChI is InChI=1S/C26H35N13O5S2/c1-26(2,23(42)43)44-35-16(15-10-46-25(29)31-15)20(40)32-17-21(41)38-18(19-33-36-37-34-19)11(9-45-22(17)38)8-39(3)13-4-5-14(39)7-12(6-13)30-24(27)28/h10,12-14,17,22H,4-9H2,1-3H3,(H8-,27,28,29,30,31,32,33,34,36,37,40,42,43)/p+1/b35-16-/t12?,13-,14+,17-,22-,39?/m1/s1. The van der Waals surface area contributed by atoms with E-state index in [1.807, 2.05) is 0 Å². The van der Waals surface area contributed by atoms with Crippen molar-refractivity contribution in [1.29, 1.82) is 0 Å². The molecule has 2 amide bonds. The molecule has 0 saturated carbocycles. The smallest absolute Gasteiger partial charge is 0.350 e. The van der Waals surface area contributed by atoms with Crippen LogP contribution in [0, 0.1) is 0 Å². The predicted molar refractivity (Wildman–Crippen MR) is 169 cm³/mol. The van der Waals surface area contributed by atoms with E-state index in [0.717, 1.165) is 47.1 Å². The number of hydrogen-bond acceptors (Lipinski definition) is 13. The molecule has 0 aliphatic carbocycles. The fraction of sp³-hybridized carbons (Fsp3) is 0.577. The van der Waals surface area contributed by atoms with Crippen molar-refractivity contribution < 1.29 is 28.8 Å². The van der Waals surface area contributed by atoms with E-state index in [-0.39, 0.29) is 34.4 Å². The molecule has 4 aliphatic heterocycles. The molecule has 20 heteroatoms. The van der Waals surface area contributed by atoms with Crippen molar-refractivity contribution in [2.24, 2.45) is 21.6 Å². The largest absolute Gasteiger partial charge is 0.478 e. The zero-order valence-electron chi connectivity index (χ0n) is 25.4. The van der Waals surface area contributed by atoms with Gasteiger partial charge in [-0.3, -0.25) is 14.5 Å². The highest BCUT2D eigenvalue weighted by Gasteiger charge is 2.57. The van der Waals surface area contributed by atoms with Gasteiger partial charge in [-0.05, 0) is 19.1 Å². The maximum atomic E-state index is 13.8. The molecule has 9 N–H and O–H groups in total. The Labute approximate surface area is 271 Å². The lowest BCUT2D eigenvalue weighted by Gasteiger charge is -2.52. The van der Waals surface area contributed by atoms with Crippen LogP contribution in [-0.2, 0) is 19.2 Å². The zero-order chi connectivity index (χ0) is 33.0. The Morgan fingerprint density at radius 1 is 1.28 bits per heavy atom. The van der Waals surface area contributed by atoms with Crippen LogP contribution in [0.4, 0.5) is 5.13 Å². The minimum absolute atomic E-state index is 0.0889. The van der Waals surface area contributed by atoms with Crippen molar-refractivity contribution in [3.05, 3.63) is 22.5 Å². The van der Waals surface area contributed by atoms with Crippen LogP contribution in [0.5, 0.6) is 0 Å². The Morgan fingerprint density at radius 3 is 2.59 bits per heavy atom. The van der Waals surface area contributed by atoms with Gasteiger partial charge in [0.05, 0.1) is 30.9 Å². The number of aliphatic carboxylic acids is 1. The van der Waals surface area contributed by atoms with Crippen LogP contribution in [0.3, 0.4) is 0 Å². The molecule has 18 nitrogen and oxygen atoms in total. The third-order valence-corrected chi connectivity index (χ3v) is 11.2.